The van der Waals surface area contributed by atoms with Crippen LogP contribution in [0.3, 0.4) is 0 Å². The molecule has 0 radical (unpaired) electrons. The molecule has 0 saturated heterocycles. The van der Waals surface area contributed by atoms with Crippen molar-refractivity contribution in [3.8, 4) is 0 Å². The Hall–Kier alpha value is -2.90. The van der Waals surface area contributed by atoms with Crippen LogP contribution in [-0.4, -0.2) is 20.9 Å². The Morgan fingerprint density at radius 2 is 1.71 bits per heavy atom. The number of hydrogen-bond acceptors (Lipinski definition) is 3. The average Bonchev–Trinajstić information content (AvgIpc) is 2.75. The molecular formula is C23H22ClFN2O3S. The van der Waals surface area contributed by atoms with Crippen LogP contribution in [0.15, 0.2) is 77.7 Å². The van der Waals surface area contributed by atoms with Gasteiger partial charge in [-0.25, -0.2) is 12.8 Å². The Morgan fingerprint density at radius 1 is 1.06 bits per heavy atom. The quantitative estimate of drug-likeness (QED) is 0.547. The van der Waals surface area contributed by atoms with Gasteiger partial charge in [0.05, 0.1) is 16.6 Å². The van der Waals surface area contributed by atoms with Crippen molar-refractivity contribution in [2.45, 2.75) is 24.8 Å². The summed E-state index contributed by atoms with van der Waals surface area (Å²) in [5, 5.41) is 3.13. The molecule has 3 aromatic carbocycles. The fourth-order valence-corrected chi connectivity index (χ4v) is 4.79. The number of carbonyl (C=O) groups is 1. The molecule has 0 saturated carbocycles. The summed E-state index contributed by atoms with van der Waals surface area (Å²) < 4.78 is 41.0. The lowest BCUT2D eigenvalue weighted by Gasteiger charge is -2.26. The molecule has 1 unspecified atom stereocenters. The van der Waals surface area contributed by atoms with E-state index < -0.39 is 28.5 Å². The summed E-state index contributed by atoms with van der Waals surface area (Å²) in [4.78, 5) is 12.9. The molecule has 5 nitrogen and oxygen atoms in total. The van der Waals surface area contributed by atoms with Gasteiger partial charge in [0.2, 0.25) is 5.91 Å². The maximum atomic E-state index is 13.4. The zero-order valence-electron chi connectivity index (χ0n) is 17.0. The van der Waals surface area contributed by atoms with E-state index in [2.05, 4.69) is 5.32 Å². The van der Waals surface area contributed by atoms with E-state index >= 15 is 0 Å². The first kappa shape index (κ1) is 22.8. The lowest BCUT2D eigenvalue weighted by molar-refractivity contribution is -0.120. The highest BCUT2D eigenvalue weighted by molar-refractivity contribution is 7.92. The van der Waals surface area contributed by atoms with Crippen LogP contribution in [0.25, 0.3) is 0 Å². The molecule has 0 aliphatic heterocycles. The number of anilines is 1. The minimum atomic E-state index is -4.03. The van der Waals surface area contributed by atoms with Crippen molar-refractivity contribution in [3.63, 3.8) is 0 Å². The highest BCUT2D eigenvalue weighted by Crippen LogP contribution is 2.29. The SMILES string of the molecule is Cc1ccc(Cl)cc1N(CC(=O)NC(C)c1ccc(F)cc1)S(=O)(=O)c1ccccc1. The Balaban J connectivity index is 1.92. The summed E-state index contributed by atoms with van der Waals surface area (Å²) in [6, 6.07) is 18.1. The average molecular weight is 461 g/mol. The molecule has 1 amide bonds. The maximum Gasteiger partial charge on any atom is 0.264 e. The van der Waals surface area contributed by atoms with E-state index in [1.165, 1.54) is 30.3 Å². The van der Waals surface area contributed by atoms with E-state index in [1.54, 1.807) is 56.3 Å². The van der Waals surface area contributed by atoms with Crippen LogP contribution >= 0.6 is 11.6 Å². The van der Waals surface area contributed by atoms with Crippen LogP contribution < -0.4 is 9.62 Å². The van der Waals surface area contributed by atoms with E-state index in [4.69, 9.17) is 11.6 Å². The summed E-state index contributed by atoms with van der Waals surface area (Å²) in [5.74, 6) is -0.880. The summed E-state index contributed by atoms with van der Waals surface area (Å²) in [5.41, 5.74) is 1.68. The second kappa shape index (κ2) is 9.49. The van der Waals surface area contributed by atoms with Gasteiger partial charge < -0.3 is 5.32 Å². The first-order valence-corrected chi connectivity index (χ1v) is 11.4. The van der Waals surface area contributed by atoms with Crippen molar-refractivity contribution in [1.82, 2.24) is 5.32 Å². The number of rotatable bonds is 7. The number of sulfonamides is 1. The third-order valence-corrected chi connectivity index (χ3v) is 6.81. The minimum absolute atomic E-state index is 0.0637. The first-order valence-electron chi connectivity index (χ1n) is 9.57. The zero-order chi connectivity index (χ0) is 22.6. The Kier molecular flexibility index (Phi) is 6.97. The van der Waals surface area contributed by atoms with Crippen molar-refractivity contribution in [2.75, 3.05) is 10.8 Å². The number of nitrogens with one attached hydrogen (secondary N) is 1. The third kappa shape index (κ3) is 5.42. The molecular weight excluding hydrogens is 439 g/mol. The lowest BCUT2D eigenvalue weighted by atomic mass is 10.1. The molecule has 162 valence electrons. The number of benzene rings is 3. The fourth-order valence-electron chi connectivity index (χ4n) is 3.12. The van der Waals surface area contributed by atoms with Gasteiger partial charge in [0.15, 0.2) is 0 Å². The highest BCUT2D eigenvalue weighted by atomic mass is 35.5. The predicted molar refractivity (Wildman–Crippen MR) is 120 cm³/mol. The van der Waals surface area contributed by atoms with Crippen LogP contribution in [-0.2, 0) is 14.8 Å². The molecule has 8 heteroatoms. The number of halogens is 2. The summed E-state index contributed by atoms with van der Waals surface area (Å²) in [6.45, 7) is 3.05. The monoisotopic (exact) mass is 460 g/mol. The molecule has 0 spiro atoms. The first-order chi connectivity index (χ1) is 14.7. The maximum absolute atomic E-state index is 13.4. The van der Waals surface area contributed by atoms with Gasteiger partial charge >= 0.3 is 0 Å². The van der Waals surface area contributed by atoms with Gasteiger partial charge in [-0.05, 0) is 61.4 Å². The van der Waals surface area contributed by atoms with Crippen LogP contribution in [0, 0.1) is 12.7 Å². The molecule has 0 aromatic heterocycles. The Morgan fingerprint density at radius 3 is 2.35 bits per heavy atom. The van der Waals surface area contributed by atoms with Gasteiger partial charge in [-0.1, -0.05) is 48.0 Å². The minimum Gasteiger partial charge on any atom is -0.348 e. The zero-order valence-corrected chi connectivity index (χ0v) is 18.6. The van der Waals surface area contributed by atoms with Crippen molar-refractivity contribution in [3.05, 3.63) is 94.8 Å². The number of amides is 1. The summed E-state index contributed by atoms with van der Waals surface area (Å²) in [6.07, 6.45) is 0. The van der Waals surface area contributed by atoms with E-state index in [0.29, 0.717) is 21.8 Å². The molecule has 0 aliphatic carbocycles. The number of nitrogens with zero attached hydrogens (tertiary/aromatic N) is 1. The molecule has 3 aromatic rings. The van der Waals surface area contributed by atoms with Crippen molar-refractivity contribution < 1.29 is 17.6 Å². The Labute approximate surface area is 186 Å². The largest absolute Gasteiger partial charge is 0.348 e. The van der Waals surface area contributed by atoms with Gasteiger partial charge in [-0.2, -0.15) is 0 Å². The number of hydrogen-bond donors (Lipinski definition) is 1. The smallest absolute Gasteiger partial charge is 0.264 e. The second-order valence-corrected chi connectivity index (χ2v) is 9.40. The number of carbonyl (C=O) groups excluding carboxylic acids is 1. The lowest BCUT2D eigenvalue weighted by Crippen LogP contribution is -2.41. The molecule has 0 heterocycles. The van der Waals surface area contributed by atoms with Gasteiger partial charge in [0.25, 0.3) is 10.0 Å². The van der Waals surface area contributed by atoms with Gasteiger partial charge in [-0.3, -0.25) is 9.10 Å². The Bertz CT molecular complexity index is 1170. The number of aryl methyl sites for hydroxylation is 1. The van der Waals surface area contributed by atoms with Crippen LogP contribution in [0.4, 0.5) is 10.1 Å². The summed E-state index contributed by atoms with van der Waals surface area (Å²) >= 11 is 6.12. The van der Waals surface area contributed by atoms with Crippen LogP contribution in [0.1, 0.15) is 24.1 Å². The predicted octanol–water partition coefficient (Wildman–Crippen LogP) is 4.86. The van der Waals surface area contributed by atoms with Crippen LogP contribution in [0.5, 0.6) is 0 Å². The van der Waals surface area contributed by atoms with Crippen molar-refractivity contribution in [2.24, 2.45) is 0 Å². The molecule has 3 rings (SSSR count). The van der Waals surface area contributed by atoms with Crippen molar-refractivity contribution in [1.29, 1.82) is 0 Å². The van der Waals surface area contributed by atoms with Crippen LogP contribution in [0.2, 0.25) is 5.02 Å². The normalized spacial score (nSPS) is 12.3. The molecule has 0 fully saturated rings. The van der Waals surface area contributed by atoms with Gasteiger partial charge in [0.1, 0.15) is 12.4 Å². The van der Waals surface area contributed by atoms with E-state index in [-0.39, 0.29) is 10.7 Å². The molecule has 31 heavy (non-hydrogen) atoms. The molecule has 1 atom stereocenters. The van der Waals surface area contributed by atoms with Gasteiger partial charge in [-0.15, -0.1) is 0 Å². The highest BCUT2D eigenvalue weighted by Gasteiger charge is 2.28. The van der Waals surface area contributed by atoms with E-state index in [9.17, 15) is 17.6 Å². The molecule has 0 aliphatic rings. The third-order valence-electron chi connectivity index (χ3n) is 4.81. The molecule has 0 bridgehead atoms. The molecule has 1 N–H and O–H groups in total. The standard InChI is InChI=1S/C23H22ClFN2O3S/c1-16-8-11-19(24)14-22(16)27(31(29,30)21-6-4-3-5-7-21)15-23(28)26-17(2)18-9-12-20(25)13-10-18/h3-14,17H,15H2,1-2H3,(H,26,28). The van der Waals surface area contributed by atoms with Crippen molar-refractivity contribution >= 4 is 33.2 Å². The fraction of sp³-hybridized carbons (Fsp3) is 0.174. The topological polar surface area (TPSA) is 66.5 Å². The van der Waals surface area contributed by atoms with Gasteiger partial charge in [0, 0.05) is 5.02 Å². The second-order valence-electron chi connectivity index (χ2n) is 7.10. The van der Waals surface area contributed by atoms with E-state index in [0.717, 1.165) is 4.31 Å². The van der Waals surface area contributed by atoms with E-state index in [1.807, 2.05) is 0 Å². The summed E-state index contributed by atoms with van der Waals surface area (Å²) in [7, 11) is -4.03.